The molecule has 128 valence electrons. The molecule has 0 bridgehead atoms. The van der Waals surface area contributed by atoms with Gasteiger partial charge in [-0.1, -0.05) is 30.0 Å². The number of thioether (sulfide) groups is 1. The van der Waals surface area contributed by atoms with Crippen LogP contribution >= 0.6 is 11.8 Å². The fourth-order valence-corrected chi connectivity index (χ4v) is 3.55. The molecule has 8 heteroatoms. The van der Waals surface area contributed by atoms with Crippen molar-refractivity contribution in [1.82, 2.24) is 25.1 Å². The Balaban J connectivity index is 1.38. The summed E-state index contributed by atoms with van der Waals surface area (Å²) in [4.78, 5) is 14.3. The lowest BCUT2D eigenvalue weighted by Gasteiger charge is -2.33. The van der Waals surface area contributed by atoms with Crippen LogP contribution in [0.2, 0.25) is 0 Å². The number of hydrogen-bond acceptors (Lipinski definition) is 6. The van der Waals surface area contributed by atoms with Gasteiger partial charge in [-0.3, -0.25) is 4.79 Å². The number of anilines is 1. The van der Waals surface area contributed by atoms with Gasteiger partial charge >= 0.3 is 0 Å². The number of tetrazole rings is 1. The van der Waals surface area contributed by atoms with Crippen LogP contribution in [0.1, 0.15) is 19.3 Å². The number of rotatable bonds is 6. The monoisotopic (exact) mass is 346 g/mol. The van der Waals surface area contributed by atoms with Gasteiger partial charge in [-0.25, -0.2) is 4.68 Å². The van der Waals surface area contributed by atoms with E-state index in [-0.39, 0.29) is 5.91 Å². The number of carbonyl (C=O) groups excluding carboxylic acids is 1. The number of nitrogens with one attached hydrogen (secondary N) is 1. The van der Waals surface area contributed by atoms with Crippen LogP contribution in [-0.4, -0.2) is 55.9 Å². The Morgan fingerprint density at radius 1 is 1.29 bits per heavy atom. The molecule has 1 amide bonds. The highest BCUT2D eigenvalue weighted by atomic mass is 32.2. The number of likely N-dealkylation sites (tertiary alicyclic amines) is 1. The molecule has 2 aromatic rings. The van der Waals surface area contributed by atoms with E-state index in [2.05, 4.69) is 33.0 Å². The predicted octanol–water partition coefficient (Wildman–Crippen LogP) is 1.80. The minimum absolute atomic E-state index is 0.218. The topological polar surface area (TPSA) is 75.9 Å². The normalized spacial score (nSPS) is 15.5. The highest BCUT2D eigenvalue weighted by Crippen LogP contribution is 2.18. The first-order valence-electron chi connectivity index (χ1n) is 8.17. The van der Waals surface area contributed by atoms with Crippen molar-refractivity contribution in [1.29, 1.82) is 0 Å². The summed E-state index contributed by atoms with van der Waals surface area (Å²) in [7, 11) is 1.80. The SMILES string of the molecule is Cn1nnnc1SCCC(=O)N1CCC(Nc2ccccc2)CC1. The van der Waals surface area contributed by atoms with Gasteiger partial charge in [-0.15, -0.1) is 5.10 Å². The van der Waals surface area contributed by atoms with E-state index in [1.54, 1.807) is 11.7 Å². The standard InChI is InChI=1S/C16H22N6OS/c1-21-16(18-19-20-21)24-12-9-15(23)22-10-7-14(8-11-22)17-13-5-3-2-4-6-13/h2-6,14,17H,7-12H2,1H3. The molecule has 0 spiro atoms. The average molecular weight is 346 g/mol. The molecule has 2 heterocycles. The third-order valence-corrected chi connectivity index (χ3v) is 5.13. The van der Waals surface area contributed by atoms with Crippen molar-refractivity contribution in [2.24, 2.45) is 7.05 Å². The Morgan fingerprint density at radius 2 is 2.04 bits per heavy atom. The maximum atomic E-state index is 12.3. The molecule has 0 aliphatic carbocycles. The Labute approximate surface area is 145 Å². The molecule has 1 fully saturated rings. The first kappa shape index (κ1) is 16.8. The number of amides is 1. The molecule has 1 aliphatic rings. The van der Waals surface area contributed by atoms with E-state index in [1.165, 1.54) is 11.8 Å². The van der Waals surface area contributed by atoms with E-state index in [0.717, 1.165) is 36.8 Å². The lowest BCUT2D eigenvalue weighted by molar-refractivity contribution is -0.131. The quantitative estimate of drug-likeness (QED) is 0.804. The van der Waals surface area contributed by atoms with Crippen LogP contribution in [0.3, 0.4) is 0 Å². The van der Waals surface area contributed by atoms with Crippen LogP contribution in [0.5, 0.6) is 0 Å². The summed E-state index contributed by atoms with van der Waals surface area (Å²) in [6, 6.07) is 10.7. The number of aryl methyl sites for hydroxylation is 1. The third kappa shape index (κ3) is 4.47. The maximum absolute atomic E-state index is 12.3. The zero-order chi connectivity index (χ0) is 16.8. The van der Waals surface area contributed by atoms with E-state index in [4.69, 9.17) is 0 Å². The van der Waals surface area contributed by atoms with Crippen molar-refractivity contribution in [3.8, 4) is 0 Å². The van der Waals surface area contributed by atoms with Crippen LogP contribution < -0.4 is 5.32 Å². The number of nitrogens with zero attached hydrogens (tertiary/aromatic N) is 5. The predicted molar refractivity (Wildman–Crippen MR) is 93.8 cm³/mol. The van der Waals surface area contributed by atoms with Crippen LogP contribution in [0, 0.1) is 0 Å². The number of hydrogen-bond donors (Lipinski definition) is 1. The van der Waals surface area contributed by atoms with E-state index >= 15 is 0 Å². The minimum Gasteiger partial charge on any atom is -0.382 e. The molecule has 0 saturated carbocycles. The molecule has 1 aromatic carbocycles. The van der Waals surface area contributed by atoms with Crippen molar-refractivity contribution >= 4 is 23.4 Å². The third-order valence-electron chi connectivity index (χ3n) is 4.12. The lowest BCUT2D eigenvalue weighted by atomic mass is 10.0. The van der Waals surface area contributed by atoms with Gasteiger partial charge in [-0.2, -0.15) is 0 Å². The zero-order valence-electron chi connectivity index (χ0n) is 13.8. The first-order chi connectivity index (χ1) is 11.7. The molecule has 7 nitrogen and oxygen atoms in total. The molecule has 1 N–H and O–H groups in total. The largest absolute Gasteiger partial charge is 0.382 e. The molecule has 24 heavy (non-hydrogen) atoms. The van der Waals surface area contributed by atoms with Crippen molar-refractivity contribution in [3.05, 3.63) is 30.3 Å². The van der Waals surface area contributed by atoms with Crippen molar-refractivity contribution < 1.29 is 4.79 Å². The Bertz CT molecular complexity index is 654. The molecule has 0 unspecified atom stereocenters. The van der Waals surface area contributed by atoms with Crippen LogP contribution in [0.15, 0.2) is 35.5 Å². The molecule has 1 aliphatic heterocycles. The Kier molecular flexibility index (Phi) is 5.68. The Hall–Kier alpha value is -2.09. The highest BCUT2D eigenvalue weighted by Gasteiger charge is 2.22. The second kappa shape index (κ2) is 8.14. The lowest BCUT2D eigenvalue weighted by Crippen LogP contribution is -2.42. The summed E-state index contributed by atoms with van der Waals surface area (Å²) < 4.78 is 1.62. The van der Waals surface area contributed by atoms with Gasteiger partial charge in [0.25, 0.3) is 0 Å². The summed E-state index contributed by atoms with van der Waals surface area (Å²) in [6.07, 6.45) is 2.50. The number of para-hydroxylation sites is 1. The molecular formula is C16H22N6OS. The highest BCUT2D eigenvalue weighted by molar-refractivity contribution is 7.99. The number of piperidine rings is 1. The van der Waals surface area contributed by atoms with E-state index < -0.39 is 0 Å². The summed E-state index contributed by atoms with van der Waals surface area (Å²) in [6.45, 7) is 1.64. The smallest absolute Gasteiger partial charge is 0.223 e. The van der Waals surface area contributed by atoms with Gasteiger partial charge in [0.2, 0.25) is 11.1 Å². The fraction of sp³-hybridized carbons (Fsp3) is 0.500. The van der Waals surface area contributed by atoms with Gasteiger partial charge < -0.3 is 10.2 Å². The molecule has 1 aromatic heterocycles. The second-order valence-corrected chi connectivity index (χ2v) is 6.91. The molecule has 0 radical (unpaired) electrons. The van der Waals surface area contributed by atoms with Crippen LogP contribution in [0.4, 0.5) is 5.69 Å². The number of benzene rings is 1. The molecular weight excluding hydrogens is 324 g/mol. The van der Waals surface area contributed by atoms with Crippen molar-refractivity contribution in [3.63, 3.8) is 0 Å². The number of carbonyl (C=O) groups is 1. The van der Waals surface area contributed by atoms with Crippen LogP contribution in [-0.2, 0) is 11.8 Å². The minimum atomic E-state index is 0.218. The average Bonchev–Trinajstić information content (AvgIpc) is 3.01. The molecule has 0 atom stereocenters. The van der Waals surface area contributed by atoms with Crippen molar-refractivity contribution in [2.45, 2.75) is 30.5 Å². The summed E-state index contributed by atoms with van der Waals surface area (Å²) in [5.41, 5.74) is 1.15. The first-order valence-corrected chi connectivity index (χ1v) is 9.15. The summed E-state index contributed by atoms with van der Waals surface area (Å²) in [5, 5.41) is 15.6. The maximum Gasteiger partial charge on any atom is 0.223 e. The van der Waals surface area contributed by atoms with E-state index in [9.17, 15) is 4.79 Å². The molecule has 1 saturated heterocycles. The van der Waals surface area contributed by atoms with Gasteiger partial charge in [0.15, 0.2) is 0 Å². The van der Waals surface area contributed by atoms with E-state index in [1.807, 2.05) is 23.1 Å². The van der Waals surface area contributed by atoms with E-state index in [0.29, 0.717) is 18.2 Å². The van der Waals surface area contributed by atoms with Gasteiger partial charge in [0.05, 0.1) is 0 Å². The summed E-state index contributed by atoms with van der Waals surface area (Å²) >= 11 is 1.52. The fourth-order valence-electron chi connectivity index (χ4n) is 2.77. The summed E-state index contributed by atoms with van der Waals surface area (Å²) in [5.74, 6) is 0.922. The van der Waals surface area contributed by atoms with Gasteiger partial charge in [-0.05, 0) is 35.4 Å². The zero-order valence-corrected chi connectivity index (χ0v) is 14.6. The van der Waals surface area contributed by atoms with Crippen molar-refractivity contribution in [2.75, 3.05) is 24.2 Å². The van der Waals surface area contributed by atoms with Gasteiger partial charge in [0, 0.05) is 44.0 Å². The number of aromatic nitrogens is 4. The van der Waals surface area contributed by atoms with Crippen LogP contribution in [0.25, 0.3) is 0 Å². The Morgan fingerprint density at radius 3 is 2.71 bits per heavy atom. The second-order valence-electron chi connectivity index (χ2n) is 5.85. The molecule has 3 rings (SSSR count). The van der Waals surface area contributed by atoms with Gasteiger partial charge in [0.1, 0.15) is 0 Å².